The molecule has 0 radical (unpaired) electrons. The summed E-state index contributed by atoms with van der Waals surface area (Å²) in [5, 5.41) is 0. The highest BCUT2D eigenvalue weighted by atomic mass is 19.1. The maximum atomic E-state index is 14.4. The van der Waals surface area contributed by atoms with E-state index in [4.69, 9.17) is 9.72 Å². The van der Waals surface area contributed by atoms with E-state index in [-0.39, 0.29) is 17.6 Å². The smallest absolute Gasteiger partial charge is 0.227 e. The van der Waals surface area contributed by atoms with Crippen LogP contribution in [0.3, 0.4) is 0 Å². The number of rotatable bonds is 8. The number of carbonyl (C=O) groups is 1. The number of ether oxygens (including phenoxy) is 1. The lowest BCUT2D eigenvalue weighted by Crippen LogP contribution is -2.25. The number of hydrogen-bond donors (Lipinski definition) is 0. The quantitative estimate of drug-likeness (QED) is 0.289. The second-order valence-electron chi connectivity index (χ2n) is 9.24. The summed E-state index contributed by atoms with van der Waals surface area (Å²) in [7, 11) is 0. The number of aryl methyl sites for hydroxylation is 3. The maximum absolute atomic E-state index is 14.4. The third-order valence-electron chi connectivity index (χ3n) is 6.75. The molecule has 0 spiro atoms. The van der Waals surface area contributed by atoms with Crippen molar-refractivity contribution in [2.75, 3.05) is 18.1 Å². The second kappa shape index (κ2) is 9.90. The molecule has 180 valence electrons. The van der Waals surface area contributed by atoms with Gasteiger partial charge in [-0.05, 0) is 62.1 Å². The summed E-state index contributed by atoms with van der Waals surface area (Å²) in [5.41, 5.74) is 4.63. The molecule has 1 unspecified atom stereocenters. The number of fused-ring (bicyclic) bond motifs is 1. The lowest BCUT2D eigenvalue weighted by atomic mass is 10.1. The fraction of sp³-hybridized carbons (Fsp3) is 0.310. The zero-order valence-corrected chi connectivity index (χ0v) is 20.2. The van der Waals surface area contributed by atoms with Crippen LogP contribution in [0.15, 0.2) is 66.7 Å². The van der Waals surface area contributed by atoms with Gasteiger partial charge in [-0.25, -0.2) is 9.37 Å². The molecule has 5 rings (SSSR count). The number of hydrogen-bond acceptors (Lipinski definition) is 3. The molecular formula is C29H30FN3O2. The summed E-state index contributed by atoms with van der Waals surface area (Å²) < 4.78 is 22.7. The standard InChI is InChI=1S/C29H30FN3O2/c1-20-10-9-11-21(2)28(20)35-17-8-7-16-32-26-15-6-4-13-24(26)31-29(32)22-18-27(34)33(19-22)25-14-5-3-12-23(25)30/h3-6,9-15,22H,7-8,16-19H2,1-2H3. The van der Waals surface area contributed by atoms with Crippen LogP contribution >= 0.6 is 0 Å². The van der Waals surface area contributed by atoms with Crippen molar-refractivity contribution in [3.8, 4) is 5.75 Å². The Morgan fingerprint density at radius 3 is 2.51 bits per heavy atom. The van der Waals surface area contributed by atoms with E-state index in [9.17, 15) is 9.18 Å². The SMILES string of the molecule is Cc1cccc(C)c1OCCCCn1c(C2CC(=O)N(c3ccccc3F)C2)nc2ccccc21. The summed E-state index contributed by atoms with van der Waals surface area (Å²) in [5.74, 6) is 1.34. The molecule has 1 amide bonds. The molecule has 4 aromatic rings. The molecule has 1 aliphatic heterocycles. The summed E-state index contributed by atoms with van der Waals surface area (Å²) >= 11 is 0. The first-order valence-electron chi connectivity index (χ1n) is 12.2. The molecule has 2 heterocycles. The zero-order valence-electron chi connectivity index (χ0n) is 20.2. The Morgan fingerprint density at radius 1 is 0.971 bits per heavy atom. The molecule has 1 atom stereocenters. The van der Waals surface area contributed by atoms with Crippen LogP contribution in [-0.2, 0) is 11.3 Å². The van der Waals surface area contributed by atoms with Gasteiger partial charge in [-0.15, -0.1) is 0 Å². The van der Waals surface area contributed by atoms with Crippen LogP contribution in [0.25, 0.3) is 11.0 Å². The molecular weight excluding hydrogens is 441 g/mol. The number of anilines is 1. The van der Waals surface area contributed by atoms with Crippen LogP contribution in [0.1, 0.15) is 42.1 Å². The van der Waals surface area contributed by atoms with Crippen molar-refractivity contribution in [1.82, 2.24) is 9.55 Å². The number of unbranched alkanes of at least 4 members (excludes halogenated alkanes) is 1. The minimum Gasteiger partial charge on any atom is -0.493 e. The molecule has 1 aromatic heterocycles. The first-order valence-corrected chi connectivity index (χ1v) is 12.2. The highest BCUT2D eigenvalue weighted by Gasteiger charge is 2.35. The van der Waals surface area contributed by atoms with E-state index in [1.165, 1.54) is 6.07 Å². The fourth-order valence-electron chi connectivity index (χ4n) is 5.00. The third kappa shape index (κ3) is 4.65. The van der Waals surface area contributed by atoms with E-state index in [1.54, 1.807) is 23.1 Å². The summed E-state index contributed by atoms with van der Waals surface area (Å²) in [6.07, 6.45) is 2.16. The van der Waals surface area contributed by atoms with Crippen molar-refractivity contribution in [3.05, 3.63) is 89.5 Å². The summed E-state index contributed by atoms with van der Waals surface area (Å²) in [6, 6.07) is 20.7. The van der Waals surface area contributed by atoms with Gasteiger partial charge < -0.3 is 14.2 Å². The Labute approximate surface area is 205 Å². The molecule has 1 aliphatic rings. The molecule has 1 fully saturated rings. The number of benzene rings is 3. The van der Waals surface area contributed by atoms with Gasteiger partial charge in [0.15, 0.2) is 0 Å². The van der Waals surface area contributed by atoms with E-state index in [2.05, 4.69) is 36.6 Å². The van der Waals surface area contributed by atoms with Crippen LogP contribution in [0.5, 0.6) is 5.75 Å². The van der Waals surface area contributed by atoms with Crippen LogP contribution in [0, 0.1) is 19.7 Å². The number of amides is 1. The van der Waals surface area contributed by atoms with E-state index in [0.29, 0.717) is 25.3 Å². The number of para-hydroxylation sites is 4. The number of nitrogens with zero attached hydrogens (tertiary/aromatic N) is 3. The van der Waals surface area contributed by atoms with E-state index in [0.717, 1.165) is 53.1 Å². The first kappa shape index (κ1) is 23.1. The average Bonchev–Trinajstić information content (AvgIpc) is 3.41. The molecule has 1 saturated heterocycles. The lowest BCUT2D eigenvalue weighted by Gasteiger charge is -2.18. The van der Waals surface area contributed by atoms with Crippen molar-refractivity contribution in [2.24, 2.45) is 0 Å². The van der Waals surface area contributed by atoms with Gasteiger partial charge in [-0.2, -0.15) is 0 Å². The van der Waals surface area contributed by atoms with E-state index < -0.39 is 0 Å². The molecule has 0 aliphatic carbocycles. The molecule has 3 aromatic carbocycles. The first-order chi connectivity index (χ1) is 17.0. The van der Waals surface area contributed by atoms with Gasteiger partial charge in [-0.1, -0.05) is 42.5 Å². The van der Waals surface area contributed by atoms with Gasteiger partial charge >= 0.3 is 0 Å². The van der Waals surface area contributed by atoms with Crippen molar-refractivity contribution in [1.29, 1.82) is 0 Å². The third-order valence-corrected chi connectivity index (χ3v) is 6.75. The molecule has 0 N–H and O–H groups in total. The number of halogens is 1. The van der Waals surface area contributed by atoms with Gasteiger partial charge in [0.05, 0.1) is 23.3 Å². The normalized spacial score (nSPS) is 15.8. The monoisotopic (exact) mass is 471 g/mol. The van der Waals surface area contributed by atoms with Crippen molar-refractivity contribution < 1.29 is 13.9 Å². The molecule has 0 saturated carbocycles. The molecule has 5 nitrogen and oxygen atoms in total. The molecule has 0 bridgehead atoms. The van der Waals surface area contributed by atoms with E-state index in [1.807, 2.05) is 24.3 Å². The van der Waals surface area contributed by atoms with Crippen LogP contribution in [-0.4, -0.2) is 28.6 Å². The van der Waals surface area contributed by atoms with Gasteiger partial charge in [0.25, 0.3) is 0 Å². The Balaban J connectivity index is 1.31. The van der Waals surface area contributed by atoms with Crippen molar-refractivity contribution in [2.45, 2.75) is 45.6 Å². The topological polar surface area (TPSA) is 47.4 Å². The van der Waals surface area contributed by atoms with E-state index >= 15 is 0 Å². The number of carbonyl (C=O) groups excluding carboxylic acids is 1. The van der Waals surface area contributed by atoms with Gasteiger partial charge in [-0.3, -0.25) is 4.79 Å². The van der Waals surface area contributed by atoms with Crippen molar-refractivity contribution >= 4 is 22.6 Å². The molecule has 35 heavy (non-hydrogen) atoms. The van der Waals surface area contributed by atoms with Gasteiger partial charge in [0.2, 0.25) is 5.91 Å². The number of aromatic nitrogens is 2. The largest absolute Gasteiger partial charge is 0.493 e. The van der Waals surface area contributed by atoms with Crippen LogP contribution in [0.4, 0.5) is 10.1 Å². The Kier molecular flexibility index (Phi) is 6.53. The minimum absolute atomic E-state index is 0.0688. The second-order valence-corrected chi connectivity index (χ2v) is 9.24. The Bertz CT molecular complexity index is 1340. The minimum atomic E-state index is -0.376. The maximum Gasteiger partial charge on any atom is 0.227 e. The predicted molar refractivity (Wildman–Crippen MR) is 136 cm³/mol. The predicted octanol–water partition coefficient (Wildman–Crippen LogP) is 6.17. The summed E-state index contributed by atoms with van der Waals surface area (Å²) in [4.78, 5) is 19.3. The fourth-order valence-corrected chi connectivity index (χ4v) is 5.00. The van der Waals surface area contributed by atoms with Crippen LogP contribution in [0.2, 0.25) is 0 Å². The molecule has 6 heteroatoms. The van der Waals surface area contributed by atoms with Crippen LogP contribution < -0.4 is 9.64 Å². The number of imidazole rings is 1. The Morgan fingerprint density at radius 2 is 1.71 bits per heavy atom. The van der Waals surface area contributed by atoms with Crippen molar-refractivity contribution in [3.63, 3.8) is 0 Å². The zero-order chi connectivity index (χ0) is 24.4. The summed E-state index contributed by atoms with van der Waals surface area (Å²) in [6.45, 7) is 6.01. The Hall–Kier alpha value is -3.67. The van der Waals surface area contributed by atoms with Gasteiger partial charge in [0, 0.05) is 25.4 Å². The lowest BCUT2D eigenvalue weighted by molar-refractivity contribution is -0.117. The van der Waals surface area contributed by atoms with Gasteiger partial charge in [0.1, 0.15) is 17.4 Å². The highest BCUT2D eigenvalue weighted by molar-refractivity contribution is 5.96. The average molecular weight is 472 g/mol. The highest BCUT2D eigenvalue weighted by Crippen LogP contribution is 2.34.